The van der Waals surface area contributed by atoms with Gasteiger partial charge in [0.1, 0.15) is 4.99 Å². The van der Waals surface area contributed by atoms with Crippen molar-refractivity contribution in [2.75, 3.05) is 5.32 Å². The molecule has 0 spiro atoms. The average Bonchev–Trinajstić information content (AvgIpc) is 2.28. The number of benzene rings is 1. The molecular weight excluding hydrogens is 244 g/mol. The molecule has 0 fully saturated rings. The molecule has 0 saturated heterocycles. The van der Waals surface area contributed by atoms with E-state index >= 15 is 0 Å². The van der Waals surface area contributed by atoms with E-state index in [4.69, 9.17) is 18.0 Å². The summed E-state index contributed by atoms with van der Waals surface area (Å²) in [5.74, 6) is -0.0203. The summed E-state index contributed by atoms with van der Waals surface area (Å²) in [6, 6.07) is 5.63. The molecule has 1 rings (SSSR count). The summed E-state index contributed by atoms with van der Waals surface area (Å²) in [5, 5.41) is 2.92. The highest BCUT2D eigenvalue weighted by molar-refractivity contribution is 7.80. The van der Waals surface area contributed by atoms with Crippen molar-refractivity contribution in [3.05, 3.63) is 29.3 Å². The molecule has 0 aliphatic carbocycles. The first-order chi connectivity index (χ1) is 8.29. The molecule has 4 heteroatoms. The zero-order chi connectivity index (χ0) is 13.9. The van der Waals surface area contributed by atoms with Crippen LogP contribution in [0.3, 0.4) is 0 Å². The van der Waals surface area contributed by atoms with Crippen molar-refractivity contribution in [1.29, 1.82) is 0 Å². The quantitative estimate of drug-likeness (QED) is 0.822. The summed E-state index contributed by atoms with van der Waals surface area (Å²) in [4.78, 5) is 12.5. The molecule has 0 radical (unpaired) electrons. The monoisotopic (exact) mass is 264 g/mol. The second kappa shape index (κ2) is 5.48. The molecule has 1 aromatic rings. The van der Waals surface area contributed by atoms with E-state index in [2.05, 4.69) is 5.32 Å². The lowest BCUT2D eigenvalue weighted by atomic mass is 9.89. The van der Waals surface area contributed by atoms with E-state index in [1.807, 2.05) is 45.9 Å². The molecule has 0 heterocycles. The lowest BCUT2D eigenvalue weighted by Crippen LogP contribution is -2.31. The molecule has 1 amide bonds. The second-order valence-electron chi connectivity index (χ2n) is 5.05. The highest BCUT2D eigenvalue weighted by atomic mass is 32.1. The predicted octanol–water partition coefficient (Wildman–Crippen LogP) is 3.00. The summed E-state index contributed by atoms with van der Waals surface area (Å²) in [6.45, 7) is 7.75. The lowest BCUT2D eigenvalue weighted by Gasteiger charge is -2.22. The van der Waals surface area contributed by atoms with Crippen LogP contribution in [0, 0.1) is 12.3 Å². The van der Waals surface area contributed by atoms with Crippen LogP contribution in [0.2, 0.25) is 0 Å². The maximum Gasteiger partial charge on any atom is 0.230 e. The van der Waals surface area contributed by atoms with Gasteiger partial charge in [0, 0.05) is 11.0 Å². The Morgan fingerprint density at radius 3 is 2.56 bits per heavy atom. The van der Waals surface area contributed by atoms with Gasteiger partial charge in [0.2, 0.25) is 5.91 Å². The number of carbonyl (C=O) groups excluding carboxylic acids is 1. The zero-order valence-electron chi connectivity index (χ0n) is 11.3. The van der Waals surface area contributed by atoms with Crippen molar-refractivity contribution in [1.82, 2.24) is 0 Å². The van der Waals surface area contributed by atoms with Crippen LogP contribution in [0.15, 0.2) is 18.2 Å². The predicted molar refractivity (Wildman–Crippen MR) is 79.8 cm³/mol. The van der Waals surface area contributed by atoms with E-state index in [0.717, 1.165) is 17.5 Å². The van der Waals surface area contributed by atoms with Gasteiger partial charge in [-0.1, -0.05) is 45.1 Å². The largest absolute Gasteiger partial charge is 0.389 e. The molecule has 0 saturated carbocycles. The Morgan fingerprint density at radius 1 is 1.44 bits per heavy atom. The van der Waals surface area contributed by atoms with E-state index in [1.54, 1.807) is 0 Å². The molecule has 0 atom stereocenters. The third-order valence-electron chi connectivity index (χ3n) is 3.27. The number of nitrogens with one attached hydrogen (secondary N) is 1. The molecule has 0 aliphatic rings. The zero-order valence-corrected chi connectivity index (χ0v) is 12.1. The van der Waals surface area contributed by atoms with Crippen LogP contribution in [0.5, 0.6) is 0 Å². The number of hydrogen-bond acceptors (Lipinski definition) is 2. The fourth-order valence-electron chi connectivity index (χ4n) is 1.55. The van der Waals surface area contributed by atoms with E-state index in [1.165, 1.54) is 0 Å². The van der Waals surface area contributed by atoms with E-state index in [-0.39, 0.29) is 5.91 Å². The van der Waals surface area contributed by atoms with Gasteiger partial charge in [-0.25, -0.2) is 0 Å². The van der Waals surface area contributed by atoms with Crippen molar-refractivity contribution in [2.24, 2.45) is 11.1 Å². The standard InChI is InChI=1S/C14H20N2OS/c1-5-14(3,4)13(17)16-10-8-6-7-9(2)11(10)12(15)18/h6-8H,5H2,1-4H3,(H2,15,18)(H,16,17). The van der Waals surface area contributed by atoms with Crippen LogP contribution >= 0.6 is 12.2 Å². The smallest absolute Gasteiger partial charge is 0.230 e. The topological polar surface area (TPSA) is 55.1 Å². The summed E-state index contributed by atoms with van der Waals surface area (Å²) in [5.41, 5.74) is 7.71. The Morgan fingerprint density at radius 2 is 2.06 bits per heavy atom. The minimum Gasteiger partial charge on any atom is -0.389 e. The number of carbonyl (C=O) groups is 1. The van der Waals surface area contributed by atoms with Gasteiger partial charge in [-0.05, 0) is 25.0 Å². The Hall–Kier alpha value is -1.42. The fourth-order valence-corrected chi connectivity index (χ4v) is 1.82. The van der Waals surface area contributed by atoms with Crippen molar-refractivity contribution < 1.29 is 4.79 Å². The third kappa shape index (κ3) is 3.07. The number of aryl methyl sites for hydroxylation is 1. The molecule has 3 nitrogen and oxygen atoms in total. The van der Waals surface area contributed by atoms with E-state index in [9.17, 15) is 4.79 Å². The molecule has 18 heavy (non-hydrogen) atoms. The number of thiocarbonyl (C=S) groups is 1. The number of rotatable bonds is 4. The minimum atomic E-state index is -0.406. The molecule has 98 valence electrons. The van der Waals surface area contributed by atoms with Crippen LogP contribution in [0.4, 0.5) is 5.69 Å². The summed E-state index contributed by atoms with van der Waals surface area (Å²) < 4.78 is 0. The highest BCUT2D eigenvalue weighted by Crippen LogP contribution is 2.25. The number of hydrogen-bond donors (Lipinski definition) is 2. The van der Waals surface area contributed by atoms with E-state index < -0.39 is 5.41 Å². The number of amides is 1. The normalized spacial score (nSPS) is 11.1. The van der Waals surface area contributed by atoms with Gasteiger partial charge < -0.3 is 11.1 Å². The first kappa shape index (κ1) is 14.6. The van der Waals surface area contributed by atoms with Crippen molar-refractivity contribution >= 4 is 28.8 Å². The first-order valence-corrected chi connectivity index (χ1v) is 6.41. The van der Waals surface area contributed by atoms with Gasteiger partial charge in [0.25, 0.3) is 0 Å². The van der Waals surface area contributed by atoms with Crippen molar-refractivity contribution in [3.63, 3.8) is 0 Å². The van der Waals surface area contributed by atoms with Crippen LogP contribution in [-0.2, 0) is 4.79 Å². The molecule has 0 aliphatic heterocycles. The third-order valence-corrected chi connectivity index (χ3v) is 3.47. The molecule has 3 N–H and O–H groups in total. The van der Waals surface area contributed by atoms with Gasteiger partial charge in [0.05, 0.1) is 5.69 Å². The Balaban J connectivity index is 3.09. The summed E-state index contributed by atoms with van der Waals surface area (Å²) >= 11 is 5.04. The molecule has 0 bridgehead atoms. The van der Waals surface area contributed by atoms with Crippen LogP contribution in [-0.4, -0.2) is 10.9 Å². The molecule has 1 aromatic carbocycles. The highest BCUT2D eigenvalue weighted by Gasteiger charge is 2.26. The molecule has 0 unspecified atom stereocenters. The lowest BCUT2D eigenvalue weighted by molar-refractivity contribution is -0.124. The summed E-state index contributed by atoms with van der Waals surface area (Å²) in [7, 11) is 0. The van der Waals surface area contributed by atoms with Crippen molar-refractivity contribution in [3.8, 4) is 0 Å². The van der Waals surface area contributed by atoms with Crippen LogP contribution < -0.4 is 11.1 Å². The maximum absolute atomic E-state index is 12.2. The van der Waals surface area contributed by atoms with Gasteiger partial charge in [0.15, 0.2) is 0 Å². The SMILES string of the molecule is CCC(C)(C)C(=O)Nc1cccc(C)c1C(N)=S. The van der Waals surface area contributed by atoms with Crippen LogP contribution in [0.1, 0.15) is 38.3 Å². The van der Waals surface area contributed by atoms with Crippen LogP contribution in [0.25, 0.3) is 0 Å². The molecule has 0 aromatic heterocycles. The minimum absolute atomic E-state index is 0.0203. The Labute approximate surface area is 114 Å². The second-order valence-corrected chi connectivity index (χ2v) is 5.49. The summed E-state index contributed by atoms with van der Waals surface area (Å²) in [6.07, 6.45) is 0.771. The van der Waals surface area contributed by atoms with E-state index in [0.29, 0.717) is 10.7 Å². The molecular formula is C14H20N2OS. The number of nitrogens with two attached hydrogens (primary N) is 1. The number of anilines is 1. The van der Waals surface area contributed by atoms with Crippen molar-refractivity contribution in [2.45, 2.75) is 34.1 Å². The van der Waals surface area contributed by atoms with Gasteiger partial charge >= 0.3 is 0 Å². The maximum atomic E-state index is 12.2. The van der Waals surface area contributed by atoms with Gasteiger partial charge in [-0.3, -0.25) is 4.79 Å². The van der Waals surface area contributed by atoms with Gasteiger partial charge in [-0.15, -0.1) is 0 Å². The first-order valence-electron chi connectivity index (χ1n) is 6.00. The average molecular weight is 264 g/mol. The Bertz CT molecular complexity index is 481. The Kier molecular flexibility index (Phi) is 4.46. The fraction of sp³-hybridized carbons (Fsp3) is 0.429. The van der Waals surface area contributed by atoms with Gasteiger partial charge in [-0.2, -0.15) is 0 Å².